The molecule has 0 spiro atoms. The van der Waals surface area contributed by atoms with Crippen LogP contribution in [0.1, 0.15) is 11.5 Å². The van der Waals surface area contributed by atoms with E-state index in [1.165, 1.54) is 0 Å². The highest BCUT2D eigenvalue weighted by molar-refractivity contribution is 5.94. The molecule has 4 rings (SSSR count). The molecule has 124 valence electrons. The molecule has 0 aliphatic rings. The highest BCUT2D eigenvalue weighted by atomic mass is 16.5. The molecule has 0 radical (unpaired) electrons. The summed E-state index contributed by atoms with van der Waals surface area (Å²) < 4.78 is 10.3. The number of fused-ring (bicyclic) bond motifs is 1. The van der Waals surface area contributed by atoms with Crippen LogP contribution in [0, 0.1) is 6.92 Å². The molecule has 4 aromatic rings. The zero-order valence-corrected chi connectivity index (χ0v) is 13.4. The first-order valence-corrected chi connectivity index (χ1v) is 7.73. The van der Waals surface area contributed by atoms with Crippen molar-refractivity contribution >= 4 is 22.6 Å². The fraction of sp³-hybridized carbons (Fsp3) is 0.111. The monoisotopic (exact) mass is 334 g/mol. The number of amides is 1. The van der Waals surface area contributed by atoms with E-state index < -0.39 is 0 Å². The summed E-state index contributed by atoms with van der Waals surface area (Å²) in [5, 5.41) is 11.4. The Morgan fingerprint density at radius 3 is 2.60 bits per heavy atom. The van der Waals surface area contributed by atoms with Gasteiger partial charge in [-0.25, -0.2) is 0 Å². The van der Waals surface area contributed by atoms with Crippen LogP contribution in [0.4, 0.5) is 5.69 Å². The molecular weight excluding hydrogens is 320 g/mol. The van der Waals surface area contributed by atoms with Gasteiger partial charge in [0.25, 0.3) is 5.89 Å². The number of carbonyl (C=O) groups is 1. The summed E-state index contributed by atoms with van der Waals surface area (Å²) in [4.78, 5) is 16.4. The third-order valence-corrected chi connectivity index (χ3v) is 3.72. The molecule has 2 aromatic heterocycles. The lowest BCUT2D eigenvalue weighted by Crippen LogP contribution is -2.14. The van der Waals surface area contributed by atoms with E-state index in [0.29, 0.717) is 28.7 Å². The number of rotatable bonds is 4. The van der Waals surface area contributed by atoms with E-state index in [2.05, 4.69) is 20.6 Å². The van der Waals surface area contributed by atoms with Gasteiger partial charge in [-0.2, -0.15) is 4.98 Å². The molecule has 0 bridgehead atoms. The van der Waals surface area contributed by atoms with Crippen molar-refractivity contribution in [1.82, 2.24) is 15.3 Å². The Bertz CT molecular complexity index is 1030. The molecule has 0 unspecified atom stereocenters. The van der Waals surface area contributed by atoms with Gasteiger partial charge in [0, 0.05) is 16.6 Å². The average Bonchev–Trinajstić information content (AvgIpc) is 3.22. The zero-order valence-electron chi connectivity index (χ0n) is 13.4. The minimum Gasteiger partial charge on any atom is -0.356 e. The zero-order chi connectivity index (χ0) is 17.2. The van der Waals surface area contributed by atoms with E-state index in [1.807, 2.05) is 36.4 Å². The second kappa shape index (κ2) is 6.20. The van der Waals surface area contributed by atoms with Crippen molar-refractivity contribution in [1.29, 1.82) is 0 Å². The summed E-state index contributed by atoms with van der Waals surface area (Å²) in [5.41, 5.74) is 2.76. The van der Waals surface area contributed by atoms with Gasteiger partial charge in [-0.1, -0.05) is 22.4 Å². The van der Waals surface area contributed by atoms with Gasteiger partial charge < -0.3 is 14.4 Å². The Hall–Kier alpha value is -3.48. The maximum atomic E-state index is 12.2. The molecule has 1 N–H and O–H groups in total. The minimum absolute atomic E-state index is 0.140. The van der Waals surface area contributed by atoms with Crippen LogP contribution in [0.2, 0.25) is 0 Å². The van der Waals surface area contributed by atoms with E-state index in [4.69, 9.17) is 9.05 Å². The Balaban J connectivity index is 1.45. The topological polar surface area (TPSA) is 94.1 Å². The molecule has 0 saturated heterocycles. The average molecular weight is 334 g/mol. The third kappa shape index (κ3) is 3.12. The van der Waals surface area contributed by atoms with E-state index in [0.717, 1.165) is 10.9 Å². The van der Waals surface area contributed by atoms with Gasteiger partial charge in [0.1, 0.15) is 5.69 Å². The van der Waals surface area contributed by atoms with E-state index >= 15 is 0 Å². The van der Waals surface area contributed by atoms with Crippen molar-refractivity contribution in [3.8, 4) is 11.5 Å². The predicted octanol–water partition coefficient (Wildman–Crippen LogP) is 3.37. The van der Waals surface area contributed by atoms with Crippen molar-refractivity contribution in [3.05, 3.63) is 60.0 Å². The number of nitrogens with zero attached hydrogens (tertiary/aromatic N) is 3. The van der Waals surface area contributed by atoms with E-state index in [-0.39, 0.29) is 12.3 Å². The van der Waals surface area contributed by atoms with Crippen molar-refractivity contribution in [3.63, 3.8) is 0 Å². The van der Waals surface area contributed by atoms with Gasteiger partial charge in [-0.15, -0.1) is 0 Å². The largest absolute Gasteiger partial charge is 0.356 e. The number of benzene rings is 2. The van der Waals surface area contributed by atoms with Crippen molar-refractivity contribution < 1.29 is 13.8 Å². The second-order valence-electron chi connectivity index (χ2n) is 5.57. The molecule has 25 heavy (non-hydrogen) atoms. The number of para-hydroxylation sites is 1. The summed E-state index contributed by atoms with van der Waals surface area (Å²) in [6.45, 7) is 1.76. The summed E-state index contributed by atoms with van der Waals surface area (Å²) in [5.74, 6) is 0.858. The number of nitrogens with one attached hydrogen (secondary N) is 1. The normalized spacial score (nSPS) is 10.9. The SMILES string of the molecule is Cc1noc(-c2ccc(NC(=O)Cc3noc4ccccc34)cc2)n1. The number of hydrogen-bond donors (Lipinski definition) is 1. The highest BCUT2D eigenvalue weighted by Crippen LogP contribution is 2.21. The van der Waals surface area contributed by atoms with Crippen LogP contribution in [-0.2, 0) is 11.2 Å². The lowest BCUT2D eigenvalue weighted by atomic mass is 10.1. The molecule has 0 aliphatic heterocycles. The van der Waals surface area contributed by atoms with Crippen molar-refractivity contribution in [2.75, 3.05) is 5.32 Å². The van der Waals surface area contributed by atoms with Gasteiger partial charge in [0.2, 0.25) is 5.91 Å². The Morgan fingerprint density at radius 1 is 1.04 bits per heavy atom. The van der Waals surface area contributed by atoms with Crippen LogP contribution in [0.15, 0.2) is 57.6 Å². The van der Waals surface area contributed by atoms with E-state index in [9.17, 15) is 4.79 Å². The maximum Gasteiger partial charge on any atom is 0.257 e. The lowest BCUT2D eigenvalue weighted by molar-refractivity contribution is -0.115. The third-order valence-electron chi connectivity index (χ3n) is 3.72. The van der Waals surface area contributed by atoms with E-state index in [1.54, 1.807) is 19.1 Å². The van der Waals surface area contributed by atoms with Crippen molar-refractivity contribution in [2.24, 2.45) is 0 Å². The molecule has 0 fully saturated rings. The van der Waals surface area contributed by atoms with Gasteiger partial charge >= 0.3 is 0 Å². The van der Waals surface area contributed by atoms with Crippen molar-refractivity contribution in [2.45, 2.75) is 13.3 Å². The Kier molecular flexibility index (Phi) is 3.74. The lowest BCUT2D eigenvalue weighted by Gasteiger charge is -2.04. The highest BCUT2D eigenvalue weighted by Gasteiger charge is 2.12. The van der Waals surface area contributed by atoms with Gasteiger partial charge in [0.15, 0.2) is 11.4 Å². The summed E-state index contributed by atoms with van der Waals surface area (Å²) >= 11 is 0. The van der Waals surface area contributed by atoms with Gasteiger partial charge in [-0.3, -0.25) is 4.79 Å². The van der Waals surface area contributed by atoms with Crippen LogP contribution in [0.5, 0.6) is 0 Å². The number of anilines is 1. The summed E-state index contributed by atoms with van der Waals surface area (Å²) in [6.07, 6.45) is 0.140. The molecular formula is C18H14N4O3. The smallest absolute Gasteiger partial charge is 0.257 e. The fourth-order valence-electron chi connectivity index (χ4n) is 2.53. The standard InChI is InChI=1S/C18H14N4O3/c1-11-19-18(25-21-11)12-6-8-13(9-7-12)20-17(23)10-15-14-4-2-3-5-16(14)24-22-15/h2-9H,10H2,1H3,(H,20,23). The van der Waals surface area contributed by atoms with Gasteiger partial charge in [0.05, 0.1) is 6.42 Å². The Morgan fingerprint density at radius 2 is 1.84 bits per heavy atom. The van der Waals surface area contributed by atoms with Gasteiger partial charge in [-0.05, 0) is 43.3 Å². The second-order valence-corrected chi connectivity index (χ2v) is 5.57. The first-order valence-electron chi connectivity index (χ1n) is 7.73. The summed E-state index contributed by atoms with van der Waals surface area (Å²) in [6, 6.07) is 14.7. The summed E-state index contributed by atoms with van der Waals surface area (Å²) in [7, 11) is 0. The molecule has 0 aliphatic carbocycles. The first-order chi connectivity index (χ1) is 12.2. The molecule has 1 amide bonds. The number of hydrogen-bond acceptors (Lipinski definition) is 6. The molecule has 0 saturated carbocycles. The molecule has 0 atom stereocenters. The maximum absolute atomic E-state index is 12.2. The minimum atomic E-state index is -0.166. The molecule has 7 heteroatoms. The number of carbonyl (C=O) groups excluding carboxylic acids is 1. The van der Waals surface area contributed by atoms with Crippen LogP contribution < -0.4 is 5.32 Å². The quantitative estimate of drug-likeness (QED) is 0.615. The van der Waals surface area contributed by atoms with Crippen LogP contribution in [-0.4, -0.2) is 21.2 Å². The molecule has 2 aromatic carbocycles. The Labute approximate surface area is 142 Å². The fourth-order valence-corrected chi connectivity index (χ4v) is 2.53. The number of aryl methyl sites for hydroxylation is 1. The van der Waals surface area contributed by atoms with Crippen LogP contribution in [0.3, 0.4) is 0 Å². The predicted molar refractivity (Wildman–Crippen MR) is 90.8 cm³/mol. The first kappa shape index (κ1) is 15.1. The van der Waals surface area contributed by atoms with Crippen LogP contribution >= 0.6 is 0 Å². The van der Waals surface area contributed by atoms with Crippen LogP contribution in [0.25, 0.3) is 22.4 Å². The number of aromatic nitrogens is 3. The molecule has 7 nitrogen and oxygen atoms in total. The molecule has 2 heterocycles.